The Balaban J connectivity index is 1.05. The van der Waals surface area contributed by atoms with E-state index in [-0.39, 0.29) is 17.9 Å². The van der Waals surface area contributed by atoms with Crippen LogP contribution in [-0.2, 0) is 6.42 Å². The molecule has 2 saturated heterocycles. The first kappa shape index (κ1) is 30.6. The molecule has 240 valence electrons. The maximum Gasteiger partial charge on any atom is 0.407 e. The minimum atomic E-state index is -0.892. The van der Waals surface area contributed by atoms with Crippen LogP contribution in [0.25, 0.3) is 11.1 Å². The zero-order valence-electron chi connectivity index (χ0n) is 27.0. The van der Waals surface area contributed by atoms with Gasteiger partial charge in [-0.25, -0.2) is 4.79 Å². The summed E-state index contributed by atoms with van der Waals surface area (Å²) in [6.45, 7) is 6.18. The standard InChI is InChI=1S/C38H46N6O2/c1-25(2)37-41-40-36(19-20-42(38(45)46)24-34-32-14-8-6-12-30(32)31-13-7-9-15-33(31)34)44(37)29-22-27-16-17-28(23-29)43(27)21-18-35(39)26-10-4-3-5-11-26/h3-15,25,27-29,34-35H,16-24,39H2,1-2H3,(H,45,46)/t27?,28?,29?,35-/m0/s1. The lowest BCUT2D eigenvalue weighted by Crippen LogP contribution is -2.45. The van der Waals surface area contributed by atoms with E-state index in [1.54, 1.807) is 4.90 Å². The molecule has 3 aliphatic rings. The Morgan fingerprint density at radius 3 is 2.11 bits per heavy atom. The zero-order chi connectivity index (χ0) is 31.8. The molecule has 1 aromatic heterocycles. The van der Waals surface area contributed by atoms with Crippen molar-refractivity contribution in [2.45, 2.75) is 88.4 Å². The van der Waals surface area contributed by atoms with Gasteiger partial charge in [0.1, 0.15) is 11.6 Å². The SMILES string of the molecule is CC(C)c1nnc(CCN(CC2c3ccccc3-c3ccccc32)C(=O)O)n1C1CC2CCC(C1)N2CC[C@H](N)c1ccccc1. The van der Waals surface area contributed by atoms with Gasteiger partial charge >= 0.3 is 6.09 Å². The van der Waals surface area contributed by atoms with Crippen LogP contribution in [0, 0.1) is 0 Å². The second-order valence-electron chi connectivity index (χ2n) is 13.8. The van der Waals surface area contributed by atoms with Crippen molar-refractivity contribution in [2.75, 3.05) is 19.6 Å². The number of nitrogens with zero attached hydrogens (tertiary/aromatic N) is 5. The van der Waals surface area contributed by atoms with Gasteiger partial charge in [0.05, 0.1) is 0 Å². The van der Waals surface area contributed by atoms with Crippen molar-refractivity contribution in [1.29, 1.82) is 0 Å². The lowest BCUT2D eigenvalue weighted by Gasteiger charge is -2.40. The molecule has 46 heavy (non-hydrogen) atoms. The normalized spacial score (nSPS) is 21.3. The summed E-state index contributed by atoms with van der Waals surface area (Å²) in [4.78, 5) is 16.9. The highest BCUT2D eigenvalue weighted by Gasteiger charge is 2.42. The van der Waals surface area contributed by atoms with Crippen molar-refractivity contribution in [1.82, 2.24) is 24.6 Å². The van der Waals surface area contributed by atoms with Gasteiger partial charge in [0.15, 0.2) is 0 Å². The molecule has 2 aliphatic heterocycles. The summed E-state index contributed by atoms with van der Waals surface area (Å²) in [5.41, 5.74) is 12.6. The average Bonchev–Trinajstić information content (AvgIpc) is 3.71. The number of carboxylic acid groups (broad SMARTS) is 1. The van der Waals surface area contributed by atoms with Crippen LogP contribution in [-0.4, -0.2) is 67.5 Å². The second-order valence-corrected chi connectivity index (χ2v) is 13.8. The zero-order valence-corrected chi connectivity index (χ0v) is 27.0. The van der Waals surface area contributed by atoms with Gasteiger partial charge in [-0.15, -0.1) is 10.2 Å². The number of aromatic nitrogens is 3. The second kappa shape index (κ2) is 13.0. The van der Waals surface area contributed by atoms with E-state index in [0.717, 1.165) is 37.5 Å². The van der Waals surface area contributed by atoms with Crippen molar-refractivity contribution in [3.8, 4) is 11.1 Å². The lowest BCUT2D eigenvalue weighted by molar-refractivity contribution is 0.101. The highest BCUT2D eigenvalue weighted by Crippen LogP contribution is 2.45. The number of amides is 1. The van der Waals surface area contributed by atoms with Gasteiger partial charge in [-0.05, 0) is 59.9 Å². The maximum absolute atomic E-state index is 12.6. The summed E-state index contributed by atoms with van der Waals surface area (Å²) >= 11 is 0. The summed E-state index contributed by atoms with van der Waals surface area (Å²) in [7, 11) is 0. The molecule has 2 unspecified atom stereocenters. The van der Waals surface area contributed by atoms with Crippen molar-refractivity contribution in [2.24, 2.45) is 5.73 Å². The van der Waals surface area contributed by atoms with Crippen LogP contribution in [0.4, 0.5) is 4.79 Å². The van der Waals surface area contributed by atoms with Crippen LogP contribution < -0.4 is 5.73 Å². The number of hydrogen-bond acceptors (Lipinski definition) is 5. The van der Waals surface area contributed by atoms with Gasteiger partial charge in [-0.2, -0.15) is 0 Å². The van der Waals surface area contributed by atoms with Gasteiger partial charge in [-0.1, -0.05) is 92.7 Å². The molecule has 2 bridgehead atoms. The number of rotatable bonds is 11. The number of piperidine rings is 1. The topological polar surface area (TPSA) is 101 Å². The average molecular weight is 619 g/mol. The van der Waals surface area contributed by atoms with Gasteiger partial charge in [0, 0.05) is 62.1 Å². The molecule has 8 heteroatoms. The summed E-state index contributed by atoms with van der Waals surface area (Å²) in [6, 6.07) is 28.6. The Hall–Kier alpha value is -4.01. The van der Waals surface area contributed by atoms with Crippen molar-refractivity contribution < 1.29 is 9.90 Å². The minimum Gasteiger partial charge on any atom is -0.465 e. The quantitative estimate of drug-likeness (QED) is 0.188. The molecule has 1 amide bonds. The predicted molar refractivity (Wildman–Crippen MR) is 181 cm³/mol. The van der Waals surface area contributed by atoms with E-state index in [1.165, 1.54) is 40.7 Å². The van der Waals surface area contributed by atoms with E-state index < -0.39 is 6.09 Å². The first-order valence-corrected chi connectivity index (χ1v) is 17.0. The largest absolute Gasteiger partial charge is 0.465 e. The molecular formula is C38H46N6O2. The fourth-order valence-electron chi connectivity index (χ4n) is 8.45. The van der Waals surface area contributed by atoms with E-state index in [2.05, 4.69) is 101 Å². The van der Waals surface area contributed by atoms with Crippen LogP contribution in [0.5, 0.6) is 0 Å². The van der Waals surface area contributed by atoms with E-state index in [9.17, 15) is 9.90 Å². The monoisotopic (exact) mass is 618 g/mol. The molecule has 0 saturated carbocycles. The minimum absolute atomic E-state index is 0.0163. The first-order chi connectivity index (χ1) is 22.4. The molecule has 3 heterocycles. The number of hydrogen-bond donors (Lipinski definition) is 2. The van der Waals surface area contributed by atoms with Crippen LogP contribution in [0.1, 0.15) is 98.2 Å². The molecule has 1 aliphatic carbocycles. The van der Waals surface area contributed by atoms with Crippen LogP contribution in [0.3, 0.4) is 0 Å². The smallest absolute Gasteiger partial charge is 0.407 e. The van der Waals surface area contributed by atoms with Gasteiger partial charge < -0.3 is 20.3 Å². The first-order valence-electron chi connectivity index (χ1n) is 17.0. The van der Waals surface area contributed by atoms with Crippen molar-refractivity contribution >= 4 is 6.09 Å². The molecule has 3 N–H and O–H groups in total. The number of nitrogens with two attached hydrogens (primary N) is 1. The third-order valence-electron chi connectivity index (χ3n) is 10.7. The Labute approximate surface area is 272 Å². The van der Waals surface area contributed by atoms with E-state index in [0.29, 0.717) is 37.6 Å². The summed E-state index contributed by atoms with van der Waals surface area (Å²) < 4.78 is 2.39. The molecule has 0 spiro atoms. The molecular weight excluding hydrogens is 572 g/mol. The molecule has 3 atom stereocenters. The number of carbonyl (C=O) groups is 1. The highest BCUT2D eigenvalue weighted by molar-refractivity contribution is 5.79. The molecule has 7 rings (SSSR count). The van der Waals surface area contributed by atoms with E-state index in [1.807, 2.05) is 6.07 Å². The predicted octanol–water partition coefficient (Wildman–Crippen LogP) is 6.99. The van der Waals surface area contributed by atoms with Crippen LogP contribution >= 0.6 is 0 Å². The Morgan fingerprint density at radius 2 is 1.50 bits per heavy atom. The molecule has 2 fully saturated rings. The molecule has 3 aromatic carbocycles. The Kier molecular flexibility index (Phi) is 8.66. The highest BCUT2D eigenvalue weighted by atomic mass is 16.4. The lowest BCUT2D eigenvalue weighted by atomic mass is 9.95. The van der Waals surface area contributed by atoms with Crippen molar-refractivity contribution in [3.05, 3.63) is 107 Å². The van der Waals surface area contributed by atoms with Gasteiger partial charge in [-0.3, -0.25) is 4.90 Å². The molecule has 4 aromatic rings. The van der Waals surface area contributed by atoms with Gasteiger partial charge in [0.25, 0.3) is 0 Å². The summed E-state index contributed by atoms with van der Waals surface area (Å²) in [5, 5.41) is 19.7. The summed E-state index contributed by atoms with van der Waals surface area (Å²) in [6.07, 6.45) is 5.18. The third-order valence-corrected chi connectivity index (χ3v) is 10.7. The maximum atomic E-state index is 12.6. The number of fused-ring (bicyclic) bond motifs is 5. The molecule has 0 radical (unpaired) electrons. The van der Waals surface area contributed by atoms with E-state index >= 15 is 0 Å². The molecule has 8 nitrogen and oxygen atoms in total. The Morgan fingerprint density at radius 1 is 0.891 bits per heavy atom. The van der Waals surface area contributed by atoms with E-state index in [4.69, 9.17) is 10.8 Å². The Bertz CT molecular complexity index is 1610. The fraction of sp³-hybridized carbons (Fsp3) is 0.447. The fourth-order valence-corrected chi connectivity index (χ4v) is 8.45. The number of benzene rings is 3. The van der Waals surface area contributed by atoms with Crippen LogP contribution in [0.15, 0.2) is 78.9 Å². The van der Waals surface area contributed by atoms with Crippen molar-refractivity contribution in [3.63, 3.8) is 0 Å². The third kappa shape index (κ3) is 5.84. The summed E-state index contributed by atoms with van der Waals surface area (Å²) in [5.74, 6) is 2.18. The van der Waals surface area contributed by atoms with Crippen LogP contribution in [0.2, 0.25) is 0 Å². The van der Waals surface area contributed by atoms with Gasteiger partial charge in [0.2, 0.25) is 0 Å².